The predicted molar refractivity (Wildman–Crippen MR) is 176 cm³/mol. The Kier molecular flexibility index (Phi) is 7.92. The molecule has 7 rings (SSSR count). The third kappa shape index (κ3) is 5.02. The van der Waals surface area contributed by atoms with Crippen LogP contribution in [0.2, 0.25) is 0 Å². The van der Waals surface area contributed by atoms with E-state index in [0.717, 1.165) is 41.7 Å². The first-order chi connectivity index (χ1) is 21.9. The van der Waals surface area contributed by atoms with E-state index in [4.69, 9.17) is 4.74 Å². The fraction of sp³-hybridized carbons (Fsp3) is 0.424. The van der Waals surface area contributed by atoms with Crippen LogP contribution in [0.15, 0.2) is 56.8 Å². The molecule has 13 heteroatoms. The minimum atomic E-state index is -1.22. The molecule has 2 aliphatic carbocycles. The Hall–Kier alpha value is -3.42. The van der Waals surface area contributed by atoms with Crippen LogP contribution in [0.5, 0.6) is 5.75 Å². The third-order valence-corrected chi connectivity index (χ3v) is 13.0. The number of aliphatic carboxylic acids is 1. The first-order valence-corrected chi connectivity index (χ1v) is 17.7. The molecule has 240 valence electrons. The fourth-order valence-electron chi connectivity index (χ4n) is 8.23. The number of halogens is 1. The highest BCUT2D eigenvalue weighted by molar-refractivity contribution is 9.10. The van der Waals surface area contributed by atoms with Crippen LogP contribution >= 0.6 is 39.0 Å². The lowest BCUT2D eigenvalue weighted by Gasteiger charge is -2.43. The molecular formula is C33H32BrN3O7S2. The number of hydrogen-bond donors (Lipinski definition) is 3. The summed E-state index contributed by atoms with van der Waals surface area (Å²) in [4.78, 5) is 70.3. The van der Waals surface area contributed by atoms with E-state index in [2.05, 4.69) is 26.2 Å². The van der Waals surface area contributed by atoms with E-state index >= 15 is 0 Å². The molecule has 0 spiro atoms. The zero-order chi connectivity index (χ0) is 32.6. The number of imide groups is 1. The summed E-state index contributed by atoms with van der Waals surface area (Å²) < 4.78 is 6.95. The van der Waals surface area contributed by atoms with Gasteiger partial charge in [-0.3, -0.25) is 24.1 Å². The van der Waals surface area contributed by atoms with Crippen molar-refractivity contribution in [1.29, 1.82) is 0 Å². The number of carbonyl (C=O) groups excluding carboxylic acids is 3. The molecule has 2 saturated carbocycles. The van der Waals surface area contributed by atoms with Gasteiger partial charge in [0.05, 0.1) is 16.9 Å². The van der Waals surface area contributed by atoms with Gasteiger partial charge in [0.15, 0.2) is 6.61 Å². The number of H-pyrrole nitrogens is 1. The van der Waals surface area contributed by atoms with Crippen molar-refractivity contribution < 1.29 is 29.0 Å². The summed E-state index contributed by atoms with van der Waals surface area (Å²) in [6.07, 6.45) is 0.668. The number of benzene rings is 2. The number of aromatic amines is 1. The summed E-state index contributed by atoms with van der Waals surface area (Å²) in [5, 5.41) is 13.5. The van der Waals surface area contributed by atoms with E-state index < -0.39 is 41.6 Å². The molecule has 3 heterocycles. The normalized spacial score (nSPS) is 28.2. The van der Waals surface area contributed by atoms with Gasteiger partial charge in [-0.2, -0.15) is 0 Å². The van der Waals surface area contributed by atoms with Crippen LogP contribution in [-0.2, 0) is 19.2 Å². The van der Waals surface area contributed by atoms with Crippen LogP contribution in [0.25, 0.3) is 0 Å². The number of carbonyl (C=O) groups is 4. The zero-order valence-corrected chi connectivity index (χ0v) is 28.4. The largest absolute Gasteiger partial charge is 0.483 e. The van der Waals surface area contributed by atoms with E-state index in [-0.39, 0.29) is 46.3 Å². The van der Waals surface area contributed by atoms with Gasteiger partial charge in [-0.1, -0.05) is 58.8 Å². The first-order valence-electron chi connectivity index (χ1n) is 15.2. The van der Waals surface area contributed by atoms with Crippen molar-refractivity contribution in [1.82, 2.24) is 9.88 Å². The van der Waals surface area contributed by atoms with Crippen LogP contribution in [0.3, 0.4) is 0 Å². The maximum Gasteiger partial charge on any atom is 0.327 e. The second-order valence-corrected chi connectivity index (χ2v) is 16.0. The number of hydrogen-bond acceptors (Lipinski definition) is 8. The van der Waals surface area contributed by atoms with Crippen LogP contribution in [-0.4, -0.2) is 56.6 Å². The summed E-state index contributed by atoms with van der Waals surface area (Å²) in [7, 11) is 0. The van der Waals surface area contributed by atoms with Crippen LogP contribution < -0.4 is 14.9 Å². The Morgan fingerprint density at radius 2 is 1.78 bits per heavy atom. The van der Waals surface area contributed by atoms with E-state index in [0.29, 0.717) is 17.9 Å². The van der Waals surface area contributed by atoms with Gasteiger partial charge in [0.25, 0.3) is 5.91 Å². The van der Waals surface area contributed by atoms with Gasteiger partial charge in [0, 0.05) is 31.8 Å². The molecule has 3 fully saturated rings. The van der Waals surface area contributed by atoms with E-state index in [1.807, 2.05) is 43.3 Å². The van der Waals surface area contributed by atoms with Gasteiger partial charge in [-0.05, 0) is 67.3 Å². The number of fused-ring (bicyclic) bond motifs is 9. The van der Waals surface area contributed by atoms with Crippen LogP contribution in [0.4, 0.5) is 5.69 Å². The lowest BCUT2D eigenvalue weighted by molar-refractivity contribution is -0.157. The highest BCUT2D eigenvalue weighted by Crippen LogP contribution is 2.69. The van der Waals surface area contributed by atoms with E-state index in [9.17, 15) is 29.1 Å². The van der Waals surface area contributed by atoms with Gasteiger partial charge in [-0.15, -0.1) is 11.8 Å². The van der Waals surface area contributed by atoms with Crippen molar-refractivity contribution in [2.24, 2.45) is 35.5 Å². The lowest BCUT2D eigenvalue weighted by atomic mass is 9.68. The maximum absolute atomic E-state index is 14.0. The predicted octanol–water partition coefficient (Wildman–Crippen LogP) is 5.11. The summed E-state index contributed by atoms with van der Waals surface area (Å²) in [5.41, 5.74) is 2.52. The van der Waals surface area contributed by atoms with Gasteiger partial charge >= 0.3 is 10.8 Å². The Bertz CT molecular complexity index is 1820. The number of nitrogens with one attached hydrogen (secondary N) is 2. The molecule has 2 bridgehead atoms. The Labute approximate surface area is 281 Å². The van der Waals surface area contributed by atoms with Crippen molar-refractivity contribution in [2.45, 2.75) is 49.4 Å². The van der Waals surface area contributed by atoms with Gasteiger partial charge in [0.2, 0.25) is 11.8 Å². The molecular weight excluding hydrogens is 694 g/mol. The summed E-state index contributed by atoms with van der Waals surface area (Å²) in [5.74, 6) is -4.25. The SMILES string of the molecule is Cc1ccc(NC(=O)COc2ccc(Br)cc2[C@H]2c3sc(=O)[nH]c3SC3C4CC(C5C(=O)N(C(C(=O)O)C(C)C)C(=O)C45)C32)cc1. The number of carboxylic acids is 1. The Morgan fingerprint density at radius 3 is 2.46 bits per heavy atom. The summed E-state index contributed by atoms with van der Waals surface area (Å²) >= 11 is 6.28. The molecule has 46 heavy (non-hydrogen) atoms. The molecule has 0 radical (unpaired) electrons. The molecule has 3 N–H and O–H groups in total. The number of aryl methyl sites for hydroxylation is 1. The standard InChI is InChI=1S/C33H32BrN3O7S2/c1-13(2)26(32(41)42)37-30(39)24-18-11-19(25(24)31(37)40)27-23(18)22(28-29(45-27)36-33(43)46-28)17-10-15(34)6-9-20(17)44-12-21(38)35-16-7-4-14(3)5-8-16/h4-10,13,18-19,22-27H,11-12H2,1-3H3,(H,35,38)(H,36,43)(H,41,42)/t18?,19?,22-,23?,24?,25?,26?,27?/m1/s1. The summed E-state index contributed by atoms with van der Waals surface area (Å²) in [6, 6.07) is 11.8. The topological polar surface area (TPSA) is 146 Å². The van der Waals surface area contributed by atoms with Crippen LogP contribution in [0, 0.1) is 42.4 Å². The van der Waals surface area contributed by atoms with E-state index in [1.54, 1.807) is 31.7 Å². The van der Waals surface area contributed by atoms with Gasteiger partial charge in [0.1, 0.15) is 11.8 Å². The minimum Gasteiger partial charge on any atom is -0.483 e. The van der Waals surface area contributed by atoms with Crippen LogP contribution in [0.1, 0.15) is 42.2 Å². The molecule has 2 aromatic carbocycles. The molecule has 3 amide bonds. The molecule has 1 aromatic heterocycles. The third-order valence-electron chi connectivity index (χ3n) is 9.92. The smallest absolute Gasteiger partial charge is 0.327 e. The maximum atomic E-state index is 14.0. The molecule has 2 aliphatic heterocycles. The Balaban J connectivity index is 1.24. The lowest BCUT2D eigenvalue weighted by Crippen LogP contribution is -2.49. The fourth-order valence-corrected chi connectivity index (χ4v) is 11.5. The number of nitrogens with zero attached hydrogens (tertiary/aromatic N) is 1. The number of aromatic nitrogens is 1. The number of ether oxygens (including phenoxy) is 1. The minimum absolute atomic E-state index is 0.0790. The highest BCUT2D eigenvalue weighted by Gasteiger charge is 2.70. The summed E-state index contributed by atoms with van der Waals surface area (Å²) in [6.45, 7) is 5.14. The van der Waals surface area contributed by atoms with E-state index in [1.165, 1.54) is 0 Å². The molecule has 1 saturated heterocycles. The molecule has 3 aromatic rings. The molecule has 10 nitrogen and oxygen atoms in total. The highest BCUT2D eigenvalue weighted by atomic mass is 79.9. The monoisotopic (exact) mass is 725 g/mol. The van der Waals surface area contributed by atoms with Crippen molar-refractivity contribution in [3.8, 4) is 5.75 Å². The first kappa shape index (κ1) is 31.2. The number of thiazole rings is 1. The zero-order valence-electron chi connectivity index (χ0n) is 25.2. The van der Waals surface area contributed by atoms with Crippen molar-refractivity contribution in [2.75, 3.05) is 11.9 Å². The van der Waals surface area contributed by atoms with Crippen molar-refractivity contribution in [3.05, 3.63) is 72.6 Å². The molecule has 7 unspecified atom stereocenters. The average molecular weight is 727 g/mol. The molecule has 8 atom stereocenters. The number of anilines is 1. The number of thioether (sulfide) groups is 1. The number of likely N-dealkylation sites (tertiary alicyclic amines) is 1. The number of rotatable bonds is 8. The number of carboxylic acid groups (broad SMARTS) is 1. The molecule has 4 aliphatic rings. The van der Waals surface area contributed by atoms with Crippen molar-refractivity contribution in [3.63, 3.8) is 0 Å². The average Bonchev–Trinajstić information content (AvgIpc) is 3.73. The number of amides is 3. The van der Waals surface area contributed by atoms with Gasteiger partial charge in [-0.25, -0.2) is 4.79 Å². The van der Waals surface area contributed by atoms with Gasteiger partial charge < -0.3 is 20.1 Å². The second-order valence-electron chi connectivity index (χ2n) is 12.9. The van der Waals surface area contributed by atoms with Crippen molar-refractivity contribution >= 4 is 68.4 Å². The Morgan fingerprint density at radius 1 is 1.09 bits per heavy atom. The quantitative estimate of drug-likeness (QED) is 0.272. The second kappa shape index (κ2) is 11.7.